The summed E-state index contributed by atoms with van der Waals surface area (Å²) in [7, 11) is 0. The van der Waals surface area contributed by atoms with Gasteiger partial charge in [0.2, 0.25) is 0 Å². The van der Waals surface area contributed by atoms with E-state index in [9.17, 15) is 4.79 Å². The Morgan fingerprint density at radius 2 is 2.00 bits per heavy atom. The number of benzene rings is 1. The third-order valence-electron chi connectivity index (χ3n) is 3.17. The van der Waals surface area contributed by atoms with Gasteiger partial charge in [0.25, 0.3) is 5.91 Å². The average molecular weight is 259 g/mol. The number of aryl methyl sites for hydroxylation is 1. The molecule has 0 saturated carbocycles. The molecule has 0 aliphatic rings. The zero-order valence-corrected chi connectivity index (χ0v) is 11.7. The molecular weight excluding hydrogens is 242 g/mol. The van der Waals surface area contributed by atoms with Crippen molar-refractivity contribution in [3.05, 3.63) is 57.3 Å². The molecule has 0 fully saturated rings. The first-order valence-corrected chi connectivity index (χ1v) is 6.88. The molecule has 1 amide bonds. The maximum absolute atomic E-state index is 12.2. The van der Waals surface area contributed by atoms with Gasteiger partial charge >= 0.3 is 0 Å². The fourth-order valence-corrected chi connectivity index (χ4v) is 2.61. The Balaban J connectivity index is 2.15. The number of rotatable bonds is 3. The summed E-state index contributed by atoms with van der Waals surface area (Å²) in [5, 5.41) is 5.06. The summed E-state index contributed by atoms with van der Waals surface area (Å²) in [4.78, 5) is 13.4. The van der Waals surface area contributed by atoms with E-state index in [4.69, 9.17) is 0 Å². The molecule has 0 aliphatic carbocycles. The van der Waals surface area contributed by atoms with E-state index in [0.29, 0.717) is 0 Å². The van der Waals surface area contributed by atoms with Gasteiger partial charge < -0.3 is 5.32 Å². The maximum Gasteiger partial charge on any atom is 0.252 e. The highest BCUT2D eigenvalue weighted by Gasteiger charge is 2.14. The monoisotopic (exact) mass is 259 g/mol. The first-order valence-electron chi connectivity index (χ1n) is 6.00. The maximum atomic E-state index is 12.2. The van der Waals surface area contributed by atoms with E-state index in [2.05, 4.69) is 5.32 Å². The molecule has 1 aromatic carbocycles. The van der Waals surface area contributed by atoms with Crippen molar-refractivity contribution in [2.45, 2.75) is 26.8 Å². The van der Waals surface area contributed by atoms with Gasteiger partial charge in [0.05, 0.1) is 6.04 Å². The van der Waals surface area contributed by atoms with Gasteiger partial charge in [-0.05, 0) is 49.4 Å². The fraction of sp³-hybridized carbons (Fsp3) is 0.267. The van der Waals surface area contributed by atoms with Crippen molar-refractivity contribution < 1.29 is 4.79 Å². The van der Waals surface area contributed by atoms with Gasteiger partial charge in [-0.15, -0.1) is 11.3 Å². The summed E-state index contributed by atoms with van der Waals surface area (Å²) >= 11 is 1.66. The predicted octanol–water partition coefficient (Wildman–Crippen LogP) is 3.86. The van der Waals surface area contributed by atoms with Crippen LogP contribution >= 0.6 is 11.3 Å². The van der Waals surface area contributed by atoms with Crippen LogP contribution in [0, 0.1) is 13.8 Å². The zero-order valence-electron chi connectivity index (χ0n) is 10.9. The van der Waals surface area contributed by atoms with Crippen LogP contribution in [0.25, 0.3) is 0 Å². The average Bonchev–Trinajstić information content (AvgIpc) is 2.86. The third kappa shape index (κ3) is 2.62. The van der Waals surface area contributed by atoms with Crippen LogP contribution in [0.5, 0.6) is 0 Å². The summed E-state index contributed by atoms with van der Waals surface area (Å²) in [5.41, 5.74) is 2.96. The summed E-state index contributed by atoms with van der Waals surface area (Å²) in [6, 6.07) is 9.91. The SMILES string of the molecule is Cc1cccc(C(=O)NC(C)c2cccs2)c1C. The van der Waals surface area contributed by atoms with Crippen LogP contribution in [0.4, 0.5) is 0 Å². The van der Waals surface area contributed by atoms with Crippen LogP contribution in [0.2, 0.25) is 0 Å². The van der Waals surface area contributed by atoms with Crippen molar-refractivity contribution in [3.8, 4) is 0 Å². The number of hydrogen-bond donors (Lipinski definition) is 1. The molecule has 0 saturated heterocycles. The van der Waals surface area contributed by atoms with Crippen molar-refractivity contribution >= 4 is 17.2 Å². The van der Waals surface area contributed by atoms with E-state index in [1.54, 1.807) is 11.3 Å². The minimum absolute atomic E-state index is 0.00269. The molecular formula is C15H17NOS. The van der Waals surface area contributed by atoms with Crippen LogP contribution in [0.3, 0.4) is 0 Å². The van der Waals surface area contributed by atoms with E-state index in [1.807, 2.05) is 56.5 Å². The smallest absolute Gasteiger partial charge is 0.252 e. The van der Waals surface area contributed by atoms with Gasteiger partial charge in [-0.1, -0.05) is 18.2 Å². The molecule has 18 heavy (non-hydrogen) atoms. The van der Waals surface area contributed by atoms with Crippen LogP contribution in [0.15, 0.2) is 35.7 Å². The summed E-state index contributed by atoms with van der Waals surface area (Å²) in [5.74, 6) is -0.00269. The second kappa shape index (κ2) is 5.36. The standard InChI is InChI=1S/C15H17NOS/c1-10-6-4-7-13(11(10)2)15(17)16-12(3)14-8-5-9-18-14/h4-9,12H,1-3H3,(H,16,17). The van der Waals surface area contributed by atoms with Crippen molar-refractivity contribution in [2.75, 3.05) is 0 Å². The lowest BCUT2D eigenvalue weighted by Gasteiger charge is -2.14. The normalized spacial score (nSPS) is 12.2. The lowest BCUT2D eigenvalue weighted by Crippen LogP contribution is -2.26. The second-order valence-electron chi connectivity index (χ2n) is 4.46. The lowest BCUT2D eigenvalue weighted by molar-refractivity contribution is 0.0940. The minimum atomic E-state index is -0.00269. The Bertz CT molecular complexity index is 546. The molecule has 1 N–H and O–H groups in total. The highest BCUT2D eigenvalue weighted by Crippen LogP contribution is 2.19. The Labute approximate surface area is 112 Å². The number of amides is 1. The zero-order chi connectivity index (χ0) is 13.1. The Morgan fingerprint density at radius 1 is 1.22 bits per heavy atom. The van der Waals surface area contributed by atoms with Gasteiger partial charge in [0.15, 0.2) is 0 Å². The van der Waals surface area contributed by atoms with Gasteiger partial charge in [-0.3, -0.25) is 4.79 Å². The van der Waals surface area contributed by atoms with Gasteiger partial charge in [0.1, 0.15) is 0 Å². The topological polar surface area (TPSA) is 29.1 Å². The molecule has 1 unspecified atom stereocenters. The van der Waals surface area contributed by atoms with Crippen LogP contribution in [-0.4, -0.2) is 5.91 Å². The van der Waals surface area contributed by atoms with Crippen LogP contribution in [-0.2, 0) is 0 Å². The molecule has 1 heterocycles. The van der Waals surface area contributed by atoms with Crippen molar-refractivity contribution in [2.24, 2.45) is 0 Å². The quantitative estimate of drug-likeness (QED) is 0.891. The molecule has 2 aromatic rings. The molecule has 0 aliphatic heterocycles. The van der Waals surface area contributed by atoms with E-state index in [-0.39, 0.29) is 11.9 Å². The molecule has 2 nitrogen and oxygen atoms in total. The number of thiophene rings is 1. The Hall–Kier alpha value is -1.61. The van der Waals surface area contributed by atoms with E-state index >= 15 is 0 Å². The molecule has 94 valence electrons. The van der Waals surface area contributed by atoms with Crippen molar-refractivity contribution in [3.63, 3.8) is 0 Å². The Morgan fingerprint density at radius 3 is 2.67 bits per heavy atom. The fourth-order valence-electron chi connectivity index (χ4n) is 1.88. The number of hydrogen-bond acceptors (Lipinski definition) is 2. The minimum Gasteiger partial charge on any atom is -0.345 e. The van der Waals surface area contributed by atoms with Gasteiger partial charge in [0, 0.05) is 10.4 Å². The first-order chi connectivity index (χ1) is 8.59. The predicted molar refractivity (Wildman–Crippen MR) is 76.1 cm³/mol. The number of carbonyl (C=O) groups excluding carboxylic acids is 1. The molecule has 2 rings (SSSR count). The first kappa shape index (κ1) is 12.8. The van der Waals surface area contributed by atoms with Crippen LogP contribution < -0.4 is 5.32 Å². The molecule has 1 aromatic heterocycles. The molecule has 0 spiro atoms. The second-order valence-corrected chi connectivity index (χ2v) is 5.44. The van der Waals surface area contributed by atoms with Crippen molar-refractivity contribution in [1.29, 1.82) is 0 Å². The summed E-state index contributed by atoms with van der Waals surface area (Å²) in [6.45, 7) is 6.02. The highest BCUT2D eigenvalue weighted by atomic mass is 32.1. The molecule has 1 atom stereocenters. The van der Waals surface area contributed by atoms with E-state index < -0.39 is 0 Å². The Kier molecular flexibility index (Phi) is 3.82. The van der Waals surface area contributed by atoms with E-state index in [0.717, 1.165) is 16.7 Å². The summed E-state index contributed by atoms with van der Waals surface area (Å²) in [6.07, 6.45) is 0. The van der Waals surface area contributed by atoms with E-state index in [1.165, 1.54) is 4.88 Å². The largest absolute Gasteiger partial charge is 0.345 e. The molecule has 0 radical (unpaired) electrons. The number of nitrogens with one attached hydrogen (secondary N) is 1. The molecule has 0 bridgehead atoms. The third-order valence-corrected chi connectivity index (χ3v) is 4.22. The van der Waals surface area contributed by atoms with Crippen LogP contribution in [0.1, 0.15) is 39.3 Å². The lowest BCUT2D eigenvalue weighted by atomic mass is 10.0. The number of carbonyl (C=O) groups is 1. The van der Waals surface area contributed by atoms with Gasteiger partial charge in [-0.25, -0.2) is 0 Å². The van der Waals surface area contributed by atoms with Gasteiger partial charge in [-0.2, -0.15) is 0 Å². The van der Waals surface area contributed by atoms with Crippen molar-refractivity contribution in [1.82, 2.24) is 5.32 Å². The summed E-state index contributed by atoms with van der Waals surface area (Å²) < 4.78 is 0. The molecule has 3 heteroatoms. The highest BCUT2D eigenvalue weighted by molar-refractivity contribution is 7.10.